The quantitative estimate of drug-likeness (QED) is 0.924. The first-order valence-electron chi connectivity index (χ1n) is 6.91. The Balaban J connectivity index is 1.98. The second-order valence-corrected chi connectivity index (χ2v) is 7.79. The first kappa shape index (κ1) is 13.3. The molecule has 102 valence electrons. The Morgan fingerprint density at radius 3 is 2.63 bits per heavy atom. The van der Waals surface area contributed by atoms with Crippen LogP contribution in [0, 0.1) is 13.8 Å². The minimum atomic E-state index is 0.264. The van der Waals surface area contributed by atoms with Crippen LogP contribution in [0.1, 0.15) is 49.8 Å². The predicted octanol–water partition coefficient (Wildman–Crippen LogP) is 4.01. The lowest BCUT2D eigenvalue weighted by molar-refractivity contribution is 0.661. The van der Waals surface area contributed by atoms with Gasteiger partial charge in [0, 0.05) is 14.6 Å². The Kier molecular flexibility index (Phi) is 3.74. The van der Waals surface area contributed by atoms with Gasteiger partial charge in [0.25, 0.3) is 0 Å². The Bertz CT molecular complexity index is 559. The molecule has 0 amide bonds. The highest BCUT2D eigenvalue weighted by molar-refractivity contribution is 7.12. The van der Waals surface area contributed by atoms with Crippen molar-refractivity contribution in [1.82, 2.24) is 10.3 Å². The smallest absolute Gasteiger partial charge is 0.115 e. The normalized spacial score (nSPS) is 16.4. The Morgan fingerprint density at radius 2 is 2.00 bits per heavy atom. The summed E-state index contributed by atoms with van der Waals surface area (Å²) in [5, 5.41) is 4.70. The highest BCUT2D eigenvalue weighted by atomic mass is 32.1. The third-order valence-corrected chi connectivity index (χ3v) is 5.99. The van der Waals surface area contributed by atoms with Crippen molar-refractivity contribution in [2.24, 2.45) is 0 Å². The van der Waals surface area contributed by atoms with Crippen molar-refractivity contribution < 1.29 is 0 Å². The van der Waals surface area contributed by atoms with Gasteiger partial charge in [0.15, 0.2) is 0 Å². The van der Waals surface area contributed by atoms with Crippen molar-refractivity contribution in [3.63, 3.8) is 0 Å². The highest BCUT2D eigenvalue weighted by Gasteiger charge is 2.23. The molecule has 0 aliphatic heterocycles. The van der Waals surface area contributed by atoms with Gasteiger partial charge in [-0.25, -0.2) is 4.98 Å². The summed E-state index contributed by atoms with van der Waals surface area (Å²) < 4.78 is 0. The molecular weight excluding hydrogens is 272 g/mol. The molecular formula is C15H20N2S2. The maximum Gasteiger partial charge on any atom is 0.115 e. The molecule has 3 rings (SSSR count). The zero-order valence-corrected chi connectivity index (χ0v) is 13.4. The zero-order chi connectivity index (χ0) is 13.4. The molecule has 1 atom stereocenters. The van der Waals surface area contributed by atoms with E-state index in [1.165, 1.54) is 56.6 Å². The summed E-state index contributed by atoms with van der Waals surface area (Å²) in [5.41, 5.74) is 2.76. The Hall–Kier alpha value is -0.710. The minimum absolute atomic E-state index is 0.264. The molecule has 0 saturated heterocycles. The molecule has 1 unspecified atom stereocenters. The van der Waals surface area contributed by atoms with Gasteiger partial charge in [-0.1, -0.05) is 0 Å². The summed E-state index contributed by atoms with van der Waals surface area (Å²) in [7, 11) is 2.04. The van der Waals surface area contributed by atoms with Crippen LogP contribution >= 0.6 is 22.7 Å². The fraction of sp³-hybridized carbons (Fsp3) is 0.533. The molecule has 0 bridgehead atoms. The van der Waals surface area contributed by atoms with E-state index in [1.807, 2.05) is 29.7 Å². The van der Waals surface area contributed by atoms with Gasteiger partial charge in [0.05, 0.1) is 11.7 Å². The van der Waals surface area contributed by atoms with Gasteiger partial charge in [-0.3, -0.25) is 0 Å². The third-order valence-electron chi connectivity index (χ3n) is 3.79. The van der Waals surface area contributed by atoms with Crippen LogP contribution in [0.25, 0.3) is 0 Å². The molecule has 0 spiro atoms. The average Bonchev–Trinajstić information content (AvgIpc) is 2.94. The van der Waals surface area contributed by atoms with Crippen LogP contribution < -0.4 is 5.32 Å². The Morgan fingerprint density at radius 1 is 1.21 bits per heavy atom. The lowest BCUT2D eigenvalue weighted by Crippen LogP contribution is -2.17. The van der Waals surface area contributed by atoms with E-state index in [2.05, 4.69) is 25.2 Å². The second-order valence-electron chi connectivity index (χ2n) is 5.22. The third kappa shape index (κ3) is 2.49. The maximum absolute atomic E-state index is 4.91. The van der Waals surface area contributed by atoms with Crippen LogP contribution in [0.4, 0.5) is 0 Å². The van der Waals surface area contributed by atoms with Crippen molar-refractivity contribution >= 4 is 22.7 Å². The van der Waals surface area contributed by atoms with Gasteiger partial charge in [-0.2, -0.15) is 0 Å². The number of hydrogen-bond acceptors (Lipinski definition) is 4. The van der Waals surface area contributed by atoms with Gasteiger partial charge in [0.2, 0.25) is 0 Å². The van der Waals surface area contributed by atoms with Gasteiger partial charge < -0.3 is 5.32 Å². The van der Waals surface area contributed by atoms with E-state index in [0.717, 1.165) is 0 Å². The molecule has 0 saturated carbocycles. The monoisotopic (exact) mass is 292 g/mol. The highest BCUT2D eigenvalue weighted by Crippen LogP contribution is 2.35. The van der Waals surface area contributed by atoms with Crippen molar-refractivity contribution in [2.45, 2.75) is 45.6 Å². The van der Waals surface area contributed by atoms with Crippen LogP contribution in [-0.2, 0) is 12.8 Å². The van der Waals surface area contributed by atoms with Gasteiger partial charge in [-0.05, 0) is 58.2 Å². The molecule has 2 nitrogen and oxygen atoms in total. The van der Waals surface area contributed by atoms with Crippen molar-refractivity contribution in [3.8, 4) is 0 Å². The van der Waals surface area contributed by atoms with Crippen LogP contribution in [0.15, 0.2) is 6.07 Å². The molecule has 4 heteroatoms. The van der Waals surface area contributed by atoms with Gasteiger partial charge in [0.1, 0.15) is 5.01 Å². The standard InChI is InChI=1S/C15H20N2S2/c1-9-8-11(10(2)18-9)14(16-3)15-17-12-6-4-5-7-13(12)19-15/h8,14,16H,4-7H2,1-3H3. The molecule has 2 aromatic rings. The number of nitrogens with one attached hydrogen (secondary N) is 1. The Labute approximate surface area is 122 Å². The summed E-state index contributed by atoms with van der Waals surface area (Å²) in [4.78, 5) is 9.22. The molecule has 0 aromatic carbocycles. The first-order chi connectivity index (χ1) is 9.19. The number of thiophene rings is 1. The van der Waals surface area contributed by atoms with E-state index in [1.54, 1.807) is 0 Å². The lowest BCUT2D eigenvalue weighted by Gasteiger charge is -2.13. The summed E-state index contributed by atoms with van der Waals surface area (Å²) in [6, 6.07) is 2.57. The molecule has 2 aromatic heterocycles. The molecule has 2 heterocycles. The average molecular weight is 292 g/mol. The second kappa shape index (κ2) is 5.35. The zero-order valence-electron chi connectivity index (χ0n) is 11.7. The fourth-order valence-corrected chi connectivity index (χ4v) is 5.09. The minimum Gasteiger partial charge on any atom is -0.307 e. The summed E-state index contributed by atoms with van der Waals surface area (Å²) in [6.45, 7) is 4.39. The largest absolute Gasteiger partial charge is 0.307 e. The van der Waals surface area contributed by atoms with E-state index in [0.29, 0.717) is 0 Å². The molecule has 0 radical (unpaired) electrons. The van der Waals surface area contributed by atoms with E-state index in [-0.39, 0.29) is 6.04 Å². The van der Waals surface area contributed by atoms with E-state index < -0.39 is 0 Å². The van der Waals surface area contributed by atoms with Crippen LogP contribution in [0.5, 0.6) is 0 Å². The number of hydrogen-bond donors (Lipinski definition) is 1. The van der Waals surface area contributed by atoms with Crippen molar-refractivity contribution in [1.29, 1.82) is 0 Å². The first-order valence-corrected chi connectivity index (χ1v) is 8.55. The van der Waals surface area contributed by atoms with Crippen LogP contribution in [0.3, 0.4) is 0 Å². The summed E-state index contributed by atoms with van der Waals surface area (Å²) in [6.07, 6.45) is 5.03. The molecule has 0 fully saturated rings. The predicted molar refractivity (Wildman–Crippen MR) is 83.5 cm³/mol. The fourth-order valence-electron chi connectivity index (χ4n) is 2.84. The van der Waals surface area contributed by atoms with Crippen LogP contribution in [0.2, 0.25) is 0 Å². The van der Waals surface area contributed by atoms with E-state index in [9.17, 15) is 0 Å². The summed E-state index contributed by atoms with van der Waals surface area (Å²) in [5.74, 6) is 0. The van der Waals surface area contributed by atoms with Crippen LogP contribution in [-0.4, -0.2) is 12.0 Å². The molecule has 1 N–H and O–H groups in total. The number of thiazole rings is 1. The van der Waals surface area contributed by atoms with Crippen molar-refractivity contribution in [2.75, 3.05) is 7.05 Å². The topological polar surface area (TPSA) is 24.9 Å². The number of aromatic nitrogens is 1. The number of rotatable bonds is 3. The van der Waals surface area contributed by atoms with E-state index in [4.69, 9.17) is 4.98 Å². The molecule has 1 aliphatic carbocycles. The number of nitrogens with zero attached hydrogens (tertiary/aromatic N) is 1. The number of fused-ring (bicyclic) bond motifs is 1. The lowest BCUT2D eigenvalue weighted by atomic mass is 10.0. The van der Waals surface area contributed by atoms with E-state index >= 15 is 0 Å². The maximum atomic E-state index is 4.91. The number of aryl methyl sites for hydroxylation is 4. The van der Waals surface area contributed by atoms with Gasteiger partial charge in [-0.15, -0.1) is 22.7 Å². The molecule has 1 aliphatic rings. The van der Waals surface area contributed by atoms with Gasteiger partial charge >= 0.3 is 0 Å². The summed E-state index contributed by atoms with van der Waals surface area (Å²) >= 11 is 3.79. The van der Waals surface area contributed by atoms with Crippen molar-refractivity contribution in [3.05, 3.63) is 37.0 Å². The SMILES string of the molecule is CNC(c1nc2c(s1)CCCC2)c1cc(C)sc1C. The molecule has 19 heavy (non-hydrogen) atoms.